The van der Waals surface area contributed by atoms with Crippen LogP contribution in [0.3, 0.4) is 0 Å². The summed E-state index contributed by atoms with van der Waals surface area (Å²) in [7, 11) is 0. The molecule has 2 aliphatic rings. The predicted octanol–water partition coefficient (Wildman–Crippen LogP) is -2.71. The third-order valence-corrected chi connectivity index (χ3v) is 3.03. The number of aliphatic hydroxyl groups is 1. The second-order valence-electron chi connectivity index (χ2n) is 4.18. The summed E-state index contributed by atoms with van der Waals surface area (Å²) in [5.41, 5.74) is 0. The number of piperazine rings is 1. The van der Waals surface area contributed by atoms with Crippen molar-refractivity contribution in [2.24, 2.45) is 0 Å². The zero-order chi connectivity index (χ0) is 12.3. The molecule has 0 spiro atoms. The monoisotopic (exact) mass is 243 g/mol. The predicted molar refractivity (Wildman–Crippen MR) is 58.2 cm³/mol. The third-order valence-electron chi connectivity index (χ3n) is 3.03. The van der Waals surface area contributed by atoms with Crippen LogP contribution in [0, 0.1) is 0 Å². The molecule has 2 rings (SSSR count). The van der Waals surface area contributed by atoms with Gasteiger partial charge in [0.05, 0.1) is 32.4 Å². The average molecular weight is 243 g/mol. The van der Waals surface area contributed by atoms with Gasteiger partial charge >= 0.3 is 0 Å². The minimum absolute atomic E-state index is 0.0904. The van der Waals surface area contributed by atoms with Crippen molar-refractivity contribution >= 4 is 11.8 Å². The Morgan fingerprint density at radius 2 is 2.41 bits per heavy atom. The smallest absolute Gasteiger partial charge is 0.242 e. The standard InChI is InChI=1S/C10H17N3O4/c14-5-7-6-17-2-1-13(7)10(16)8-3-12-9(15)4-11-8/h7-8,11,14H,1-6H2,(H,12,15). The molecule has 2 saturated heterocycles. The number of hydrogen-bond donors (Lipinski definition) is 3. The van der Waals surface area contributed by atoms with Crippen molar-refractivity contribution in [3.8, 4) is 0 Å². The molecule has 2 unspecified atom stereocenters. The third kappa shape index (κ3) is 2.74. The van der Waals surface area contributed by atoms with E-state index in [-0.39, 0.29) is 31.0 Å². The molecule has 3 N–H and O–H groups in total. The van der Waals surface area contributed by atoms with Crippen molar-refractivity contribution in [3.05, 3.63) is 0 Å². The van der Waals surface area contributed by atoms with Crippen molar-refractivity contribution in [2.75, 3.05) is 39.5 Å². The fourth-order valence-corrected chi connectivity index (χ4v) is 2.04. The van der Waals surface area contributed by atoms with Crippen LogP contribution in [0.5, 0.6) is 0 Å². The van der Waals surface area contributed by atoms with E-state index < -0.39 is 6.04 Å². The SMILES string of the molecule is O=C1CNC(C(=O)N2CCOCC2CO)CN1. The van der Waals surface area contributed by atoms with Gasteiger partial charge in [0.1, 0.15) is 6.04 Å². The highest BCUT2D eigenvalue weighted by molar-refractivity contribution is 5.87. The average Bonchev–Trinajstić information content (AvgIpc) is 2.39. The molecule has 2 aliphatic heterocycles. The second-order valence-corrected chi connectivity index (χ2v) is 4.18. The molecule has 0 aromatic rings. The number of aliphatic hydroxyl groups excluding tert-OH is 1. The molecule has 0 radical (unpaired) electrons. The summed E-state index contributed by atoms with van der Waals surface area (Å²) < 4.78 is 5.21. The van der Waals surface area contributed by atoms with Gasteiger partial charge in [-0.15, -0.1) is 0 Å². The summed E-state index contributed by atoms with van der Waals surface area (Å²) in [6.07, 6.45) is 0. The van der Waals surface area contributed by atoms with Crippen LogP contribution in [0.15, 0.2) is 0 Å². The molecule has 7 heteroatoms. The molecule has 2 heterocycles. The number of carbonyl (C=O) groups excluding carboxylic acids is 2. The molecule has 2 atom stereocenters. The van der Waals surface area contributed by atoms with Crippen LogP contribution >= 0.6 is 0 Å². The molecule has 0 saturated carbocycles. The lowest BCUT2D eigenvalue weighted by atomic mass is 10.1. The van der Waals surface area contributed by atoms with Gasteiger partial charge in [-0.2, -0.15) is 0 Å². The van der Waals surface area contributed by atoms with Gasteiger partial charge < -0.3 is 20.1 Å². The molecule has 17 heavy (non-hydrogen) atoms. The number of rotatable bonds is 2. The van der Waals surface area contributed by atoms with Gasteiger partial charge in [-0.3, -0.25) is 14.9 Å². The number of amides is 2. The maximum Gasteiger partial charge on any atom is 0.242 e. The van der Waals surface area contributed by atoms with Crippen LogP contribution in [0.2, 0.25) is 0 Å². The van der Waals surface area contributed by atoms with E-state index in [1.807, 2.05) is 0 Å². The van der Waals surface area contributed by atoms with Crippen molar-refractivity contribution in [1.82, 2.24) is 15.5 Å². The van der Waals surface area contributed by atoms with Crippen LogP contribution in [-0.2, 0) is 14.3 Å². The fraction of sp³-hybridized carbons (Fsp3) is 0.800. The van der Waals surface area contributed by atoms with E-state index in [4.69, 9.17) is 4.74 Å². The summed E-state index contributed by atoms with van der Waals surface area (Å²) >= 11 is 0. The Morgan fingerprint density at radius 1 is 1.59 bits per heavy atom. The van der Waals surface area contributed by atoms with Crippen molar-refractivity contribution in [1.29, 1.82) is 0 Å². The fourth-order valence-electron chi connectivity index (χ4n) is 2.04. The summed E-state index contributed by atoms with van der Waals surface area (Å²) in [5, 5.41) is 14.7. The molecule has 96 valence electrons. The van der Waals surface area contributed by atoms with Crippen LogP contribution < -0.4 is 10.6 Å². The largest absolute Gasteiger partial charge is 0.394 e. The highest BCUT2D eigenvalue weighted by atomic mass is 16.5. The van der Waals surface area contributed by atoms with E-state index in [0.717, 1.165) is 0 Å². The Hall–Kier alpha value is -1.18. The first-order chi connectivity index (χ1) is 8.22. The number of hydrogen-bond acceptors (Lipinski definition) is 5. The summed E-state index contributed by atoms with van der Waals surface area (Å²) in [6.45, 7) is 1.68. The Labute approximate surface area is 99.1 Å². The number of morpholine rings is 1. The van der Waals surface area contributed by atoms with E-state index in [2.05, 4.69) is 10.6 Å². The van der Waals surface area contributed by atoms with Gasteiger partial charge in [0.25, 0.3) is 0 Å². The highest BCUT2D eigenvalue weighted by Crippen LogP contribution is 2.09. The molecule has 2 amide bonds. The Kier molecular flexibility index (Phi) is 3.93. The molecule has 2 fully saturated rings. The second kappa shape index (κ2) is 5.44. The number of nitrogens with one attached hydrogen (secondary N) is 2. The van der Waals surface area contributed by atoms with Crippen LogP contribution in [-0.4, -0.2) is 73.4 Å². The molecule has 0 aliphatic carbocycles. The maximum atomic E-state index is 12.2. The lowest BCUT2D eigenvalue weighted by molar-refractivity contribution is -0.144. The van der Waals surface area contributed by atoms with Gasteiger partial charge in [-0.1, -0.05) is 0 Å². The normalized spacial score (nSPS) is 29.9. The van der Waals surface area contributed by atoms with Gasteiger partial charge in [0, 0.05) is 13.1 Å². The first-order valence-electron chi connectivity index (χ1n) is 5.71. The van der Waals surface area contributed by atoms with Gasteiger partial charge in [0.2, 0.25) is 11.8 Å². The molecule has 7 nitrogen and oxygen atoms in total. The van der Waals surface area contributed by atoms with E-state index in [9.17, 15) is 14.7 Å². The Morgan fingerprint density at radius 3 is 3.06 bits per heavy atom. The highest BCUT2D eigenvalue weighted by Gasteiger charge is 2.33. The summed E-state index contributed by atoms with van der Waals surface area (Å²) in [6, 6.07) is -0.685. The summed E-state index contributed by atoms with van der Waals surface area (Å²) in [5.74, 6) is -0.193. The van der Waals surface area contributed by atoms with E-state index in [0.29, 0.717) is 26.3 Å². The Balaban J connectivity index is 1.95. The molecular weight excluding hydrogens is 226 g/mol. The van der Waals surface area contributed by atoms with Crippen LogP contribution in [0.1, 0.15) is 0 Å². The Bertz CT molecular complexity index is 300. The van der Waals surface area contributed by atoms with Crippen molar-refractivity contribution < 1.29 is 19.4 Å². The van der Waals surface area contributed by atoms with Gasteiger partial charge in [0.15, 0.2) is 0 Å². The van der Waals surface area contributed by atoms with Crippen LogP contribution in [0.4, 0.5) is 0 Å². The number of nitrogens with zero attached hydrogens (tertiary/aromatic N) is 1. The topological polar surface area (TPSA) is 90.9 Å². The quantitative estimate of drug-likeness (QED) is 0.491. The van der Waals surface area contributed by atoms with Gasteiger partial charge in [-0.05, 0) is 0 Å². The zero-order valence-electron chi connectivity index (χ0n) is 9.52. The molecule has 0 bridgehead atoms. The van der Waals surface area contributed by atoms with E-state index >= 15 is 0 Å². The van der Waals surface area contributed by atoms with Crippen LogP contribution in [0.25, 0.3) is 0 Å². The lowest BCUT2D eigenvalue weighted by Gasteiger charge is -2.37. The van der Waals surface area contributed by atoms with Crippen molar-refractivity contribution in [2.45, 2.75) is 12.1 Å². The summed E-state index contributed by atoms with van der Waals surface area (Å²) in [4.78, 5) is 24.8. The minimum Gasteiger partial charge on any atom is -0.394 e. The van der Waals surface area contributed by atoms with E-state index in [1.165, 1.54) is 0 Å². The minimum atomic E-state index is -0.403. The first-order valence-corrected chi connectivity index (χ1v) is 5.71. The zero-order valence-corrected chi connectivity index (χ0v) is 9.52. The molecular formula is C10H17N3O4. The van der Waals surface area contributed by atoms with Crippen molar-refractivity contribution in [3.63, 3.8) is 0 Å². The molecule has 0 aromatic carbocycles. The number of carbonyl (C=O) groups is 2. The molecule has 0 aromatic heterocycles. The first kappa shape index (κ1) is 12.3. The van der Waals surface area contributed by atoms with Gasteiger partial charge in [-0.25, -0.2) is 0 Å². The number of ether oxygens (including phenoxy) is 1. The maximum absolute atomic E-state index is 12.2. The van der Waals surface area contributed by atoms with E-state index in [1.54, 1.807) is 4.90 Å². The lowest BCUT2D eigenvalue weighted by Crippen LogP contribution is -2.62.